The van der Waals surface area contributed by atoms with Gasteiger partial charge in [0.25, 0.3) is 0 Å². The van der Waals surface area contributed by atoms with Gasteiger partial charge in [0.15, 0.2) is 0 Å². The van der Waals surface area contributed by atoms with Gasteiger partial charge in [0, 0.05) is 24.2 Å². The van der Waals surface area contributed by atoms with Gasteiger partial charge in [0.1, 0.15) is 0 Å². The molecule has 1 unspecified atom stereocenters. The maximum atomic E-state index is 6.05. The van der Waals surface area contributed by atoms with Crippen LogP contribution >= 0.6 is 11.8 Å². The van der Waals surface area contributed by atoms with Crippen LogP contribution in [0.1, 0.15) is 31.0 Å². The Bertz CT molecular complexity index is 286. The van der Waals surface area contributed by atoms with Crippen molar-refractivity contribution in [3.63, 3.8) is 0 Å². The Hall–Kier alpha value is -0.540. The van der Waals surface area contributed by atoms with Crippen molar-refractivity contribution >= 4 is 11.8 Å². The van der Waals surface area contributed by atoms with E-state index in [2.05, 4.69) is 24.9 Å². The van der Waals surface area contributed by atoms with Crippen LogP contribution in [-0.2, 0) is 0 Å². The van der Waals surface area contributed by atoms with E-state index in [9.17, 15) is 0 Å². The lowest BCUT2D eigenvalue weighted by Crippen LogP contribution is -2.14. The summed E-state index contributed by atoms with van der Waals surface area (Å²) in [7, 11) is 0. The van der Waals surface area contributed by atoms with Crippen LogP contribution < -0.4 is 5.73 Å². The minimum Gasteiger partial charge on any atom is -0.323 e. The molecule has 0 aliphatic rings. The number of pyridine rings is 1. The second-order valence-electron chi connectivity index (χ2n) is 3.78. The molecule has 1 rings (SSSR count). The molecule has 0 aliphatic carbocycles. The van der Waals surface area contributed by atoms with Crippen molar-refractivity contribution in [1.82, 2.24) is 4.98 Å². The smallest absolute Gasteiger partial charge is 0.0402 e. The Morgan fingerprint density at radius 1 is 1.43 bits per heavy atom. The molecule has 0 saturated carbocycles. The van der Waals surface area contributed by atoms with Gasteiger partial charge >= 0.3 is 0 Å². The molecule has 0 spiro atoms. The molecule has 1 aromatic heterocycles. The zero-order valence-corrected chi connectivity index (χ0v) is 9.84. The third-order valence-corrected chi connectivity index (χ3v) is 3.15. The van der Waals surface area contributed by atoms with Crippen molar-refractivity contribution in [2.75, 3.05) is 5.75 Å². The summed E-state index contributed by atoms with van der Waals surface area (Å²) in [5.74, 6) is 0.961. The molecule has 1 atom stereocenters. The van der Waals surface area contributed by atoms with Gasteiger partial charge in [-0.15, -0.1) is 0 Å². The first kappa shape index (κ1) is 11.5. The average molecular weight is 210 g/mol. The number of hydrogen-bond donors (Lipinski definition) is 1. The van der Waals surface area contributed by atoms with Gasteiger partial charge in [-0.2, -0.15) is 11.8 Å². The summed E-state index contributed by atoms with van der Waals surface area (Å²) in [6, 6.07) is 2.22. The minimum atomic E-state index is 0.106. The number of nitrogens with zero attached hydrogens (tertiary/aromatic N) is 1. The maximum absolute atomic E-state index is 6.05. The molecule has 2 nitrogen and oxygen atoms in total. The first-order valence-corrected chi connectivity index (χ1v) is 5.93. The van der Waals surface area contributed by atoms with Crippen LogP contribution in [0.2, 0.25) is 0 Å². The SMILES string of the molecule is Cc1cncc(C(N)CSC(C)C)c1. The zero-order chi connectivity index (χ0) is 10.6. The predicted octanol–water partition coefficient (Wildman–Crippen LogP) is 2.53. The second kappa shape index (κ2) is 5.37. The highest BCUT2D eigenvalue weighted by Gasteiger charge is 2.07. The molecule has 2 N–H and O–H groups in total. The third kappa shape index (κ3) is 3.68. The van der Waals surface area contributed by atoms with Gasteiger partial charge in [0.05, 0.1) is 0 Å². The molecule has 0 aromatic carbocycles. The predicted molar refractivity (Wildman–Crippen MR) is 63.5 cm³/mol. The molecule has 0 bridgehead atoms. The van der Waals surface area contributed by atoms with E-state index in [4.69, 9.17) is 5.73 Å². The van der Waals surface area contributed by atoms with E-state index in [0.29, 0.717) is 5.25 Å². The Morgan fingerprint density at radius 2 is 2.14 bits per heavy atom. The van der Waals surface area contributed by atoms with Crippen LogP contribution in [0, 0.1) is 6.92 Å². The zero-order valence-electron chi connectivity index (χ0n) is 9.03. The largest absolute Gasteiger partial charge is 0.323 e. The summed E-state index contributed by atoms with van der Waals surface area (Å²) in [6.07, 6.45) is 3.71. The van der Waals surface area contributed by atoms with Crippen molar-refractivity contribution in [3.05, 3.63) is 29.6 Å². The molecule has 3 heteroatoms. The number of hydrogen-bond acceptors (Lipinski definition) is 3. The summed E-state index contributed by atoms with van der Waals surface area (Å²) in [5, 5.41) is 0.638. The Balaban J connectivity index is 2.56. The molecule has 0 radical (unpaired) electrons. The van der Waals surface area contributed by atoms with Crippen LogP contribution in [0.15, 0.2) is 18.5 Å². The van der Waals surface area contributed by atoms with Gasteiger partial charge in [-0.3, -0.25) is 4.98 Å². The van der Waals surface area contributed by atoms with Crippen molar-refractivity contribution in [2.24, 2.45) is 5.73 Å². The molecule has 0 fully saturated rings. The number of aryl methyl sites for hydroxylation is 1. The van der Waals surface area contributed by atoms with E-state index in [1.807, 2.05) is 31.1 Å². The third-order valence-electron chi connectivity index (χ3n) is 1.93. The first-order chi connectivity index (χ1) is 6.59. The van der Waals surface area contributed by atoms with Crippen LogP contribution in [0.5, 0.6) is 0 Å². The van der Waals surface area contributed by atoms with Crippen molar-refractivity contribution in [2.45, 2.75) is 32.1 Å². The molecule has 0 amide bonds. The summed E-state index contributed by atoms with van der Waals surface area (Å²) in [4.78, 5) is 4.14. The van der Waals surface area contributed by atoms with Gasteiger partial charge in [-0.05, 0) is 23.3 Å². The molecular weight excluding hydrogens is 192 g/mol. The molecule has 0 aliphatic heterocycles. The van der Waals surface area contributed by atoms with Crippen LogP contribution in [0.4, 0.5) is 0 Å². The molecule has 78 valence electrons. The number of rotatable bonds is 4. The van der Waals surface area contributed by atoms with Gasteiger partial charge in [0.2, 0.25) is 0 Å². The van der Waals surface area contributed by atoms with E-state index < -0.39 is 0 Å². The number of aromatic nitrogens is 1. The van der Waals surface area contributed by atoms with Crippen LogP contribution in [0.3, 0.4) is 0 Å². The quantitative estimate of drug-likeness (QED) is 0.830. The van der Waals surface area contributed by atoms with Gasteiger partial charge in [-0.1, -0.05) is 19.9 Å². The van der Waals surface area contributed by atoms with Crippen molar-refractivity contribution in [1.29, 1.82) is 0 Å². The van der Waals surface area contributed by atoms with E-state index in [-0.39, 0.29) is 6.04 Å². The normalized spacial score (nSPS) is 13.2. The molecule has 0 saturated heterocycles. The molecule has 1 heterocycles. The number of nitrogens with two attached hydrogens (primary N) is 1. The Kier molecular flexibility index (Phi) is 4.42. The van der Waals surface area contributed by atoms with E-state index >= 15 is 0 Å². The summed E-state index contributed by atoms with van der Waals surface area (Å²) in [6.45, 7) is 6.41. The lowest BCUT2D eigenvalue weighted by molar-refractivity contribution is 0.819. The topological polar surface area (TPSA) is 38.9 Å². The van der Waals surface area contributed by atoms with Crippen molar-refractivity contribution in [3.8, 4) is 0 Å². The Morgan fingerprint density at radius 3 is 2.71 bits per heavy atom. The fraction of sp³-hybridized carbons (Fsp3) is 0.545. The number of thioether (sulfide) groups is 1. The van der Waals surface area contributed by atoms with E-state index in [0.717, 1.165) is 11.3 Å². The monoisotopic (exact) mass is 210 g/mol. The average Bonchev–Trinajstić information content (AvgIpc) is 2.14. The highest BCUT2D eigenvalue weighted by Crippen LogP contribution is 2.18. The second-order valence-corrected chi connectivity index (χ2v) is 5.39. The maximum Gasteiger partial charge on any atom is 0.0402 e. The standard InChI is InChI=1S/C11H18N2S/c1-8(2)14-7-11(12)10-4-9(3)5-13-6-10/h4-6,8,11H,7,12H2,1-3H3. The highest BCUT2D eigenvalue weighted by molar-refractivity contribution is 7.99. The van der Waals surface area contributed by atoms with Crippen molar-refractivity contribution < 1.29 is 0 Å². The van der Waals surface area contributed by atoms with E-state index in [1.165, 1.54) is 5.56 Å². The summed E-state index contributed by atoms with van der Waals surface area (Å²) in [5.41, 5.74) is 8.36. The lowest BCUT2D eigenvalue weighted by atomic mass is 10.1. The van der Waals surface area contributed by atoms with Crippen LogP contribution in [0.25, 0.3) is 0 Å². The van der Waals surface area contributed by atoms with Gasteiger partial charge < -0.3 is 5.73 Å². The summed E-state index contributed by atoms with van der Waals surface area (Å²) >= 11 is 1.89. The summed E-state index contributed by atoms with van der Waals surface area (Å²) < 4.78 is 0. The van der Waals surface area contributed by atoms with E-state index in [1.54, 1.807) is 0 Å². The molecule has 14 heavy (non-hydrogen) atoms. The first-order valence-electron chi connectivity index (χ1n) is 4.88. The minimum absolute atomic E-state index is 0.106. The van der Waals surface area contributed by atoms with Gasteiger partial charge in [-0.25, -0.2) is 0 Å². The molecular formula is C11H18N2S. The lowest BCUT2D eigenvalue weighted by Gasteiger charge is -2.13. The Labute approximate surface area is 90.3 Å². The fourth-order valence-corrected chi connectivity index (χ4v) is 1.96. The molecule has 1 aromatic rings. The fourth-order valence-electron chi connectivity index (χ4n) is 1.17. The van der Waals surface area contributed by atoms with Crippen LogP contribution in [-0.4, -0.2) is 16.0 Å². The highest BCUT2D eigenvalue weighted by atomic mass is 32.2.